The van der Waals surface area contributed by atoms with E-state index >= 15 is 4.39 Å². The number of piperazine rings is 1. The van der Waals surface area contributed by atoms with Crippen molar-refractivity contribution in [3.8, 4) is 22.5 Å². The molecule has 0 bridgehead atoms. The van der Waals surface area contributed by atoms with Crippen molar-refractivity contribution < 1.29 is 18.8 Å². The number of halogens is 1. The molecule has 1 unspecified atom stereocenters. The summed E-state index contributed by atoms with van der Waals surface area (Å²) < 4.78 is 18.7. The summed E-state index contributed by atoms with van der Waals surface area (Å²) in [5.74, 6) is -0.622. The Hall–Kier alpha value is -5.76. The van der Waals surface area contributed by atoms with Crippen LogP contribution in [0.3, 0.4) is 0 Å². The van der Waals surface area contributed by atoms with Gasteiger partial charge in [-0.25, -0.2) is 9.18 Å². The molecule has 2 aromatic carbocycles. The third kappa shape index (κ3) is 5.96. The molecule has 7 heterocycles. The fourth-order valence-corrected chi connectivity index (χ4v) is 8.33. The van der Waals surface area contributed by atoms with Crippen LogP contribution < -0.4 is 26.1 Å². The van der Waals surface area contributed by atoms with Gasteiger partial charge in [-0.05, 0) is 61.0 Å². The summed E-state index contributed by atoms with van der Waals surface area (Å²) in [4.78, 5) is 64.4. The number of rotatable bonds is 7. The van der Waals surface area contributed by atoms with Crippen molar-refractivity contribution in [3.05, 3.63) is 88.4 Å². The van der Waals surface area contributed by atoms with Gasteiger partial charge >= 0.3 is 5.69 Å². The number of amides is 3. The number of anilines is 2. The lowest BCUT2D eigenvalue weighted by atomic mass is 9.98. The van der Waals surface area contributed by atoms with Gasteiger partial charge in [0.25, 0.3) is 5.91 Å². The molecule has 3 N–H and O–H groups in total. The minimum atomic E-state index is -0.698. The quantitative estimate of drug-likeness (QED) is 0.219. The minimum Gasteiger partial charge on any atom is -0.371 e. The summed E-state index contributed by atoms with van der Waals surface area (Å²) in [5, 5.41) is 5.23. The Morgan fingerprint density at radius 1 is 0.849 bits per heavy atom. The van der Waals surface area contributed by atoms with Gasteiger partial charge in [-0.1, -0.05) is 0 Å². The fourth-order valence-electron chi connectivity index (χ4n) is 8.33. The summed E-state index contributed by atoms with van der Waals surface area (Å²) in [6.45, 7) is 6.82. The van der Waals surface area contributed by atoms with Crippen molar-refractivity contribution in [2.45, 2.75) is 25.3 Å². The van der Waals surface area contributed by atoms with Crippen LogP contribution in [0.2, 0.25) is 0 Å². The number of pyridine rings is 1. The third-order valence-corrected chi connectivity index (χ3v) is 11.3. The van der Waals surface area contributed by atoms with Crippen LogP contribution in [0.5, 0.6) is 0 Å². The number of carbonyl (C=O) groups excluding carboxylic acids is 3. The lowest BCUT2D eigenvalue weighted by Gasteiger charge is -2.45. The van der Waals surface area contributed by atoms with Crippen LogP contribution in [0, 0.1) is 11.7 Å². The first-order chi connectivity index (χ1) is 25.7. The zero-order chi connectivity index (χ0) is 36.4. The SMILES string of the molecule is Cn1c(=O)n(C2CCC(=O)NC2=O)c2ccc(N3CC(CN4CCN(c5ccc(-c6cc(-c7cc8c([nH]7)CCNC8=O)ccn6)c(F)c5)CC4)C3)cc21. The van der Waals surface area contributed by atoms with Gasteiger partial charge in [0, 0.05) is 118 Å². The van der Waals surface area contributed by atoms with E-state index in [1.807, 2.05) is 42.5 Å². The molecule has 0 aliphatic carbocycles. The first-order valence-electron chi connectivity index (χ1n) is 18.2. The molecule has 9 rings (SSSR count). The molecule has 1 atom stereocenters. The number of imidazole rings is 1. The normalized spacial score (nSPS) is 19.7. The molecule has 4 aliphatic heterocycles. The van der Waals surface area contributed by atoms with Crippen molar-refractivity contribution in [1.82, 2.24) is 34.6 Å². The lowest BCUT2D eigenvalue weighted by Crippen LogP contribution is -2.55. The Bertz CT molecular complexity index is 2350. The molecule has 14 heteroatoms. The van der Waals surface area contributed by atoms with Gasteiger partial charge in [0.15, 0.2) is 0 Å². The number of aromatic nitrogens is 4. The molecule has 5 aromatic rings. The Labute approximate surface area is 304 Å². The third-order valence-electron chi connectivity index (χ3n) is 11.3. The average molecular weight is 718 g/mol. The number of aryl methyl sites for hydroxylation is 1. The summed E-state index contributed by atoms with van der Waals surface area (Å²) in [5.41, 5.74) is 7.29. The van der Waals surface area contributed by atoms with Crippen LogP contribution in [0.4, 0.5) is 15.8 Å². The van der Waals surface area contributed by atoms with Crippen LogP contribution in [0.1, 0.15) is 34.9 Å². The Morgan fingerprint density at radius 2 is 1.64 bits per heavy atom. The van der Waals surface area contributed by atoms with E-state index < -0.39 is 11.9 Å². The standard InChI is InChI=1S/C39H40FN9O4/c1-45-35-18-26(3-5-33(35)49(39(45)53)34-6-7-36(50)44-38(34)52)48-21-23(22-48)20-46-12-14-47(15-13-46)25-2-4-27(29(40)17-25)32-16-24(8-10-41-32)31-19-28-30(43-31)9-11-42-37(28)51/h2-5,8,10,16-19,23,34,43H,6-7,9,11-15,20-22H2,1H3,(H,42,51)(H,44,50,52). The minimum absolute atomic E-state index is 0.0800. The van der Waals surface area contributed by atoms with E-state index in [4.69, 9.17) is 0 Å². The Kier molecular flexibility index (Phi) is 8.13. The number of imide groups is 1. The largest absolute Gasteiger partial charge is 0.371 e. The number of fused-ring (bicyclic) bond motifs is 2. The average Bonchev–Trinajstić information content (AvgIpc) is 3.69. The van der Waals surface area contributed by atoms with Gasteiger partial charge in [-0.3, -0.25) is 38.7 Å². The number of nitrogens with zero attached hydrogens (tertiary/aromatic N) is 6. The molecule has 0 radical (unpaired) electrons. The molecular formula is C39H40FN9O4. The molecule has 13 nitrogen and oxygen atoms in total. The van der Waals surface area contributed by atoms with Crippen LogP contribution in [0.15, 0.2) is 65.6 Å². The van der Waals surface area contributed by atoms with E-state index in [2.05, 4.69) is 35.3 Å². The monoisotopic (exact) mass is 717 g/mol. The second-order valence-electron chi connectivity index (χ2n) is 14.6. The maximum Gasteiger partial charge on any atom is 0.329 e. The number of nitrogens with one attached hydrogen (secondary N) is 3. The molecule has 53 heavy (non-hydrogen) atoms. The number of piperidine rings is 1. The number of benzene rings is 2. The smallest absolute Gasteiger partial charge is 0.329 e. The number of hydrogen-bond acceptors (Lipinski definition) is 8. The maximum atomic E-state index is 15.6. The fraction of sp³-hybridized carbons (Fsp3) is 0.359. The molecule has 3 aromatic heterocycles. The van der Waals surface area contributed by atoms with Gasteiger partial charge in [-0.2, -0.15) is 0 Å². The highest BCUT2D eigenvalue weighted by molar-refractivity contribution is 6.00. The van der Waals surface area contributed by atoms with Crippen molar-refractivity contribution in [3.63, 3.8) is 0 Å². The predicted molar refractivity (Wildman–Crippen MR) is 198 cm³/mol. The van der Waals surface area contributed by atoms with Crippen LogP contribution in [-0.4, -0.2) is 94.1 Å². The molecular weight excluding hydrogens is 677 g/mol. The molecule has 0 saturated carbocycles. The van der Waals surface area contributed by atoms with E-state index in [1.165, 1.54) is 4.57 Å². The van der Waals surface area contributed by atoms with Crippen molar-refractivity contribution in [2.24, 2.45) is 13.0 Å². The molecule has 3 saturated heterocycles. The van der Waals surface area contributed by atoms with Crippen molar-refractivity contribution >= 4 is 40.1 Å². The Balaban J connectivity index is 0.800. The number of aromatic amines is 1. The first-order valence-corrected chi connectivity index (χ1v) is 18.2. The van der Waals surface area contributed by atoms with Crippen LogP contribution >= 0.6 is 0 Å². The zero-order valence-electron chi connectivity index (χ0n) is 29.4. The van der Waals surface area contributed by atoms with Gasteiger partial charge < -0.3 is 20.1 Å². The Morgan fingerprint density at radius 3 is 2.42 bits per heavy atom. The molecule has 3 fully saturated rings. The van der Waals surface area contributed by atoms with E-state index in [0.717, 1.165) is 86.1 Å². The van der Waals surface area contributed by atoms with E-state index in [9.17, 15) is 19.2 Å². The van der Waals surface area contributed by atoms with Gasteiger partial charge in [0.1, 0.15) is 11.9 Å². The van der Waals surface area contributed by atoms with Gasteiger partial charge in [0.05, 0.1) is 22.3 Å². The number of hydrogen-bond donors (Lipinski definition) is 3. The highest BCUT2D eigenvalue weighted by atomic mass is 19.1. The van der Waals surface area contributed by atoms with E-state index in [1.54, 1.807) is 29.9 Å². The molecule has 3 amide bonds. The second-order valence-corrected chi connectivity index (χ2v) is 14.6. The molecule has 4 aliphatic rings. The summed E-state index contributed by atoms with van der Waals surface area (Å²) in [7, 11) is 1.72. The van der Waals surface area contributed by atoms with Crippen molar-refractivity contribution in [2.75, 3.05) is 62.2 Å². The summed E-state index contributed by atoms with van der Waals surface area (Å²) in [6, 6.07) is 16.2. The lowest BCUT2D eigenvalue weighted by molar-refractivity contribution is -0.135. The van der Waals surface area contributed by atoms with Gasteiger partial charge in [0.2, 0.25) is 11.8 Å². The molecule has 272 valence electrons. The topological polar surface area (TPSA) is 141 Å². The van der Waals surface area contributed by atoms with E-state index in [0.29, 0.717) is 41.2 Å². The van der Waals surface area contributed by atoms with Crippen LogP contribution in [-0.2, 0) is 23.1 Å². The highest BCUT2D eigenvalue weighted by Crippen LogP contribution is 2.32. The van der Waals surface area contributed by atoms with Crippen LogP contribution in [0.25, 0.3) is 33.5 Å². The molecule has 0 spiro atoms. The van der Waals surface area contributed by atoms with E-state index in [-0.39, 0.29) is 29.7 Å². The maximum absolute atomic E-state index is 15.6. The second kappa shape index (κ2) is 13.0. The predicted octanol–water partition coefficient (Wildman–Crippen LogP) is 3.06. The van der Waals surface area contributed by atoms with Gasteiger partial charge in [-0.15, -0.1) is 0 Å². The summed E-state index contributed by atoms with van der Waals surface area (Å²) in [6.07, 6.45) is 2.94. The highest BCUT2D eigenvalue weighted by Gasteiger charge is 2.33. The van der Waals surface area contributed by atoms with Crippen molar-refractivity contribution in [1.29, 1.82) is 0 Å². The number of H-pyrrole nitrogens is 1. The first kappa shape index (κ1) is 33.1. The summed E-state index contributed by atoms with van der Waals surface area (Å²) >= 11 is 0. The number of carbonyl (C=O) groups is 3. The zero-order valence-corrected chi connectivity index (χ0v) is 29.4.